The topological polar surface area (TPSA) is 20.2 Å². The van der Waals surface area contributed by atoms with Crippen LogP contribution in [0, 0.1) is 23.3 Å². The zero-order valence-corrected chi connectivity index (χ0v) is 9.00. The van der Waals surface area contributed by atoms with Crippen LogP contribution in [0.3, 0.4) is 0 Å². The quantitative estimate of drug-likeness (QED) is 0.817. The van der Waals surface area contributed by atoms with E-state index < -0.39 is 40.5 Å². The van der Waals surface area contributed by atoms with Crippen LogP contribution in [-0.2, 0) is 0 Å². The Hall–Kier alpha value is -1.88. The van der Waals surface area contributed by atoms with Gasteiger partial charge in [0.05, 0.1) is 5.56 Å². The summed E-state index contributed by atoms with van der Waals surface area (Å²) in [5.74, 6) is -3.79. The highest BCUT2D eigenvalue weighted by Crippen LogP contribution is 2.28. The van der Waals surface area contributed by atoms with E-state index in [-0.39, 0.29) is 0 Å². The smallest absolute Gasteiger partial charge is 0.132 e. The van der Waals surface area contributed by atoms with Gasteiger partial charge in [-0.25, -0.2) is 17.6 Å². The molecule has 2 rings (SSSR count). The average molecular weight is 256 g/mol. The molecule has 1 N–H and O–H groups in total. The van der Waals surface area contributed by atoms with Gasteiger partial charge in [-0.1, -0.05) is 6.07 Å². The van der Waals surface area contributed by atoms with Gasteiger partial charge in [-0.15, -0.1) is 0 Å². The van der Waals surface area contributed by atoms with Gasteiger partial charge >= 0.3 is 0 Å². The molecule has 0 heterocycles. The van der Waals surface area contributed by atoms with E-state index in [9.17, 15) is 22.7 Å². The van der Waals surface area contributed by atoms with Crippen LogP contribution in [0.5, 0.6) is 0 Å². The molecule has 0 bridgehead atoms. The zero-order chi connectivity index (χ0) is 13.3. The molecule has 0 saturated carbocycles. The summed E-state index contributed by atoms with van der Waals surface area (Å²) in [6.07, 6.45) is -1.90. The van der Waals surface area contributed by atoms with E-state index in [0.717, 1.165) is 30.3 Å². The van der Waals surface area contributed by atoms with Crippen LogP contribution < -0.4 is 0 Å². The molecule has 1 unspecified atom stereocenters. The predicted octanol–water partition coefficient (Wildman–Crippen LogP) is 3.32. The van der Waals surface area contributed by atoms with Crippen molar-refractivity contribution in [2.45, 2.75) is 6.10 Å². The molecule has 0 aliphatic heterocycles. The van der Waals surface area contributed by atoms with Gasteiger partial charge in [-0.3, -0.25) is 0 Å². The van der Waals surface area contributed by atoms with E-state index in [2.05, 4.69) is 0 Å². The number of benzene rings is 2. The van der Waals surface area contributed by atoms with Crippen LogP contribution in [0.25, 0.3) is 0 Å². The van der Waals surface area contributed by atoms with E-state index in [1.807, 2.05) is 0 Å². The molecule has 94 valence electrons. The summed E-state index contributed by atoms with van der Waals surface area (Å²) in [5, 5.41) is 9.77. The number of hydrogen-bond donors (Lipinski definition) is 1. The molecule has 2 aromatic carbocycles. The fraction of sp³-hybridized carbons (Fsp3) is 0.0769. The highest BCUT2D eigenvalue weighted by molar-refractivity contribution is 5.33. The van der Waals surface area contributed by atoms with Crippen molar-refractivity contribution in [1.29, 1.82) is 0 Å². The molecule has 0 aliphatic rings. The van der Waals surface area contributed by atoms with Crippen molar-refractivity contribution in [3.05, 3.63) is 70.8 Å². The number of aliphatic hydroxyl groups excluding tert-OH is 1. The number of rotatable bonds is 2. The minimum atomic E-state index is -1.90. The van der Waals surface area contributed by atoms with Gasteiger partial charge in [0.1, 0.15) is 29.4 Å². The Morgan fingerprint density at radius 2 is 1.44 bits per heavy atom. The predicted molar refractivity (Wildman–Crippen MR) is 56.8 cm³/mol. The average Bonchev–Trinajstić information content (AvgIpc) is 2.32. The Labute approximate surface area is 100 Å². The van der Waals surface area contributed by atoms with Crippen molar-refractivity contribution in [3.8, 4) is 0 Å². The maximum absolute atomic E-state index is 13.4. The fourth-order valence-electron chi connectivity index (χ4n) is 1.65. The summed E-state index contributed by atoms with van der Waals surface area (Å²) in [4.78, 5) is 0. The molecule has 0 fully saturated rings. The lowest BCUT2D eigenvalue weighted by atomic mass is 10.00. The summed E-state index contributed by atoms with van der Waals surface area (Å²) in [6.45, 7) is 0. The molecule has 18 heavy (non-hydrogen) atoms. The summed E-state index contributed by atoms with van der Waals surface area (Å²) in [5.41, 5.74) is -1.22. The van der Waals surface area contributed by atoms with Crippen LogP contribution in [0.2, 0.25) is 0 Å². The van der Waals surface area contributed by atoms with Crippen molar-refractivity contribution in [2.75, 3.05) is 0 Å². The lowest BCUT2D eigenvalue weighted by Gasteiger charge is -2.14. The van der Waals surface area contributed by atoms with Crippen LogP contribution in [-0.4, -0.2) is 5.11 Å². The van der Waals surface area contributed by atoms with E-state index in [4.69, 9.17) is 0 Å². The first-order valence-corrected chi connectivity index (χ1v) is 5.07. The maximum atomic E-state index is 13.4. The lowest BCUT2D eigenvalue weighted by Crippen LogP contribution is -2.08. The van der Waals surface area contributed by atoms with E-state index in [0.29, 0.717) is 6.07 Å². The number of aliphatic hydroxyl groups is 1. The van der Waals surface area contributed by atoms with Gasteiger partial charge < -0.3 is 5.11 Å². The van der Waals surface area contributed by atoms with Gasteiger partial charge in [-0.05, 0) is 30.3 Å². The Kier molecular flexibility index (Phi) is 3.34. The number of hydrogen-bond acceptors (Lipinski definition) is 1. The molecule has 2 aromatic rings. The van der Waals surface area contributed by atoms with Gasteiger partial charge in [0.25, 0.3) is 0 Å². The molecule has 1 atom stereocenters. The van der Waals surface area contributed by atoms with Gasteiger partial charge in [-0.2, -0.15) is 0 Å². The molecule has 0 radical (unpaired) electrons. The van der Waals surface area contributed by atoms with Crippen molar-refractivity contribution >= 4 is 0 Å². The SMILES string of the molecule is OC(c1cc(F)ccc1F)c1c(F)cccc1F. The Morgan fingerprint density at radius 1 is 0.833 bits per heavy atom. The Bertz CT molecular complexity index is 563. The first-order chi connectivity index (χ1) is 8.50. The third-order valence-corrected chi connectivity index (χ3v) is 2.53. The van der Waals surface area contributed by atoms with Crippen molar-refractivity contribution in [1.82, 2.24) is 0 Å². The maximum Gasteiger partial charge on any atom is 0.132 e. The molecule has 0 aliphatic carbocycles. The third kappa shape index (κ3) is 2.22. The lowest BCUT2D eigenvalue weighted by molar-refractivity contribution is 0.203. The first kappa shape index (κ1) is 12.6. The standard InChI is InChI=1S/C13H8F4O/c14-7-4-5-9(15)8(6-7)13(18)12-10(16)2-1-3-11(12)17/h1-6,13,18H. The molecule has 0 spiro atoms. The van der Waals surface area contributed by atoms with Crippen molar-refractivity contribution in [3.63, 3.8) is 0 Å². The highest BCUT2D eigenvalue weighted by Gasteiger charge is 2.22. The second kappa shape index (κ2) is 4.78. The molecular formula is C13H8F4O. The summed E-state index contributed by atoms with van der Waals surface area (Å²) < 4.78 is 53.2. The Morgan fingerprint density at radius 3 is 2.06 bits per heavy atom. The second-order valence-electron chi connectivity index (χ2n) is 3.70. The molecule has 1 nitrogen and oxygen atoms in total. The third-order valence-electron chi connectivity index (χ3n) is 2.53. The molecular weight excluding hydrogens is 248 g/mol. The molecule has 0 saturated heterocycles. The van der Waals surface area contributed by atoms with Gasteiger partial charge in [0.15, 0.2) is 0 Å². The zero-order valence-electron chi connectivity index (χ0n) is 9.00. The van der Waals surface area contributed by atoms with E-state index >= 15 is 0 Å². The summed E-state index contributed by atoms with van der Waals surface area (Å²) >= 11 is 0. The fourth-order valence-corrected chi connectivity index (χ4v) is 1.65. The Balaban J connectivity index is 2.54. The normalized spacial score (nSPS) is 12.5. The van der Waals surface area contributed by atoms with Gasteiger partial charge in [0.2, 0.25) is 0 Å². The highest BCUT2D eigenvalue weighted by atomic mass is 19.1. The number of halogens is 4. The van der Waals surface area contributed by atoms with Gasteiger partial charge in [0, 0.05) is 5.56 Å². The van der Waals surface area contributed by atoms with Crippen LogP contribution in [0.15, 0.2) is 36.4 Å². The minimum Gasteiger partial charge on any atom is -0.383 e. The van der Waals surface area contributed by atoms with E-state index in [1.165, 1.54) is 0 Å². The largest absolute Gasteiger partial charge is 0.383 e. The van der Waals surface area contributed by atoms with Crippen LogP contribution in [0.1, 0.15) is 17.2 Å². The minimum absolute atomic E-state index is 0.515. The summed E-state index contributed by atoms with van der Waals surface area (Å²) in [6, 6.07) is 5.31. The second-order valence-corrected chi connectivity index (χ2v) is 3.70. The summed E-state index contributed by atoms with van der Waals surface area (Å²) in [7, 11) is 0. The molecule has 0 aromatic heterocycles. The van der Waals surface area contributed by atoms with Crippen molar-refractivity contribution in [2.24, 2.45) is 0 Å². The van der Waals surface area contributed by atoms with Crippen molar-refractivity contribution < 1.29 is 22.7 Å². The van der Waals surface area contributed by atoms with E-state index in [1.54, 1.807) is 0 Å². The molecule has 5 heteroatoms. The molecule has 0 amide bonds. The monoisotopic (exact) mass is 256 g/mol. The van der Waals surface area contributed by atoms with Crippen LogP contribution >= 0.6 is 0 Å². The first-order valence-electron chi connectivity index (χ1n) is 5.07. The van der Waals surface area contributed by atoms with Crippen LogP contribution in [0.4, 0.5) is 17.6 Å².